The molecule has 1 unspecified atom stereocenters. The first-order valence-electron chi connectivity index (χ1n) is 5.01. The van der Waals surface area contributed by atoms with Gasteiger partial charge in [0.2, 0.25) is 0 Å². The largest absolute Gasteiger partial charge is 0.476 e. The quantitative estimate of drug-likeness (QED) is 0.809. The van der Waals surface area contributed by atoms with Crippen LogP contribution in [0.3, 0.4) is 0 Å². The van der Waals surface area contributed by atoms with Crippen molar-refractivity contribution in [2.75, 3.05) is 6.61 Å². The molecule has 0 radical (unpaired) electrons. The lowest BCUT2D eigenvalue weighted by Gasteiger charge is -2.20. The van der Waals surface area contributed by atoms with E-state index in [0.29, 0.717) is 17.9 Å². The number of carboxylic acid groups (broad SMARTS) is 1. The van der Waals surface area contributed by atoms with Crippen LogP contribution < -0.4 is 0 Å². The highest BCUT2D eigenvalue weighted by molar-refractivity contribution is 5.87. The molecule has 1 aromatic rings. The number of carbonyl (C=O) groups is 1. The highest BCUT2D eigenvalue weighted by atomic mass is 16.5. The topological polar surface area (TPSA) is 72.6 Å². The zero-order valence-electron chi connectivity index (χ0n) is 8.52. The van der Waals surface area contributed by atoms with Gasteiger partial charge in [-0.15, -0.1) is 0 Å². The lowest BCUT2D eigenvalue weighted by atomic mass is 10.0. The first-order valence-corrected chi connectivity index (χ1v) is 5.01. The van der Waals surface area contributed by atoms with E-state index in [0.717, 1.165) is 19.3 Å². The van der Waals surface area contributed by atoms with Crippen molar-refractivity contribution in [3.05, 3.63) is 17.0 Å². The fourth-order valence-corrected chi connectivity index (χ4v) is 1.80. The summed E-state index contributed by atoms with van der Waals surface area (Å²) in [4.78, 5) is 10.8. The maximum absolute atomic E-state index is 10.8. The van der Waals surface area contributed by atoms with Gasteiger partial charge < -0.3 is 14.4 Å². The van der Waals surface area contributed by atoms with Crippen molar-refractivity contribution in [2.45, 2.75) is 32.3 Å². The average Bonchev–Trinajstić information content (AvgIpc) is 2.61. The molecule has 0 amide bonds. The van der Waals surface area contributed by atoms with Crippen LogP contribution in [-0.4, -0.2) is 22.8 Å². The lowest BCUT2D eigenvalue weighted by Crippen LogP contribution is -2.12. The predicted octanol–water partition coefficient (Wildman–Crippen LogP) is 1.92. The number of aromatic nitrogens is 1. The molecule has 0 saturated carbocycles. The van der Waals surface area contributed by atoms with Gasteiger partial charge in [-0.05, 0) is 26.2 Å². The summed E-state index contributed by atoms with van der Waals surface area (Å²) in [7, 11) is 0. The SMILES string of the molecule is Cc1c(C(=O)O)noc1C1CCCCO1. The molecule has 1 aliphatic heterocycles. The molecule has 82 valence electrons. The Balaban J connectivity index is 2.24. The maximum Gasteiger partial charge on any atom is 0.358 e. The van der Waals surface area contributed by atoms with Crippen LogP contribution in [0.25, 0.3) is 0 Å². The third-order valence-corrected chi connectivity index (χ3v) is 2.63. The van der Waals surface area contributed by atoms with Crippen molar-refractivity contribution >= 4 is 5.97 Å². The summed E-state index contributed by atoms with van der Waals surface area (Å²) in [5.74, 6) is -0.495. The Morgan fingerprint density at radius 3 is 2.87 bits per heavy atom. The van der Waals surface area contributed by atoms with Gasteiger partial charge in [-0.3, -0.25) is 0 Å². The predicted molar refractivity (Wildman–Crippen MR) is 50.7 cm³/mol. The summed E-state index contributed by atoms with van der Waals surface area (Å²) in [5, 5.41) is 12.3. The van der Waals surface area contributed by atoms with Crippen molar-refractivity contribution in [2.24, 2.45) is 0 Å². The molecule has 1 fully saturated rings. The molecule has 1 aromatic heterocycles. The summed E-state index contributed by atoms with van der Waals surface area (Å²) >= 11 is 0. The van der Waals surface area contributed by atoms with E-state index in [-0.39, 0.29) is 11.8 Å². The first kappa shape index (κ1) is 10.2. The van der Waals surface area contributed by atoms with Crippen LogP contribution in [0.1, 0.15) is 47.2 Å². The number of aromatic carboxylic acids is 1. The van der Waals surface area contributed by atoms with Gasteiger partial charge in [-0.25, -0.2) is 4.79 Å². The number of hydrogen-bond donors (Lipinski definition) is 1. The molecule has 1 aliphatic rings. The van der Waals surface area contributed by atoms with Crippen LogP contribution >= 0.6 is 0 Å². The number of carboxylic acids is 1. The van der Waals surface area contributed by atoms with E-state index in [1.54, 1.807) is 6.92 Å². The molecule has 15 heavy (non-hydrogen) atoms. The Bertz CT molecular complexity index is 365. The minimum Gasteiger partial charge on any atom is -0.476 e. The van der Waals surface area contributed by atoms with Crippen molar-refractivity contribution < 1.29 is 19.2 Å². The summed E-state index contributed by atoms with van der Waals surface area (Å²) < 4.78 is 10.6. The molecule has 0 aromatic carbocycles. The molecule has 0 aliphatic carbocycles. The van der Waals surface area contributed by atoms with Gasteiger partial charge in [0, 0.05) is 12.2 Å². The highest BCUT2D eigenvalue weighted by Crippen LogP contribution is 2.30. The van der Waals surface area contributed by atoms with Gasteiger partial charge >= 0.3 is 5.97 Å². The minimum atomic E-state index is -1.06. The van der Waals surface area contributed by atoms with E-state index in [4.69, 9.17) is 14.4 Å². The third kappa shape index (κ3) is 1.87. The molecular weight excluding hydrogens is 198 g/mol. The molecule has 5 nitrogen and oxygen atoms in total. The van der Waals surface area contributed by atoms with Crippen LogP contribution in [0.4, 0.5) is 0 Å². The Morgan fingerprint density at radius 1 is 1.53 bits per heavy atom. The van der Waals surface area contributed by atoms with E-state index in [9.17, 15) is 4.79 Å². The Hall–Kier alpha value is -1.36. The molecule has 2 heterocycles. The Labute approximate surface area is 87.0 Å². The van der Waals surface area contributed by atoms with E-state index < -0.39 is 5.97 Å². The zero-order valence-corrected chi connectivity index (χ0v) is 8.52. The standard InChI is InChI=1S/C10H13NO4/c1-6-8(10(12)13)11-15-9(6)7-4-2-3-5-14-7/h7H,2-5H2,1H3,(H,12,13). The number of ether oxygens (including phenoxy) is 1. The average molecular weight is 211 g/mol. The zero-order chi connectivity index (χ0) is 10.8. The van der Waals surface area contributed by atoms with Crippen LogP contribution in [0.15, 0.2) is 4.52 Å². The molecule has 0 bridgehead atoms. The maximum atomic E-state index is 10.8. The van der Waals surface area contributed by atoms with Gasteiger partial charge in [0.25, 0.3) is 0 Å². The van der Waals surface area contributed by atoms with E-state index in [1.165, 1.54) is 0 Å². The number of nitrogens with zero attached hydrogens (tertiary/aromatic N) is 1. The van der Waals surface area contributed by atoms with Crippen LogP contribution in [0.5, 0.6) is 0 Å². The van der Waals surface area contributed by atoms with E-state index in [2.05, 4.69) is 5.16 Å². The van der Waals surface area contributed by atoms with Crippen LogP contribution in [0.2, 0.25) is 0 Å². The molecular formula is C10H13NO4. The normalized spacial score (nSPS) is 21.5. The summed E-state index contributed by atoms with van der Waals surface area (Å²) in [6.07, 6.45) is 2.87. The second-order valence-corrected chi connectivity index (χ2v) is 3.68. The molecule has 1 N–H and O–H groups in total. The van der Waals surface area contributed by atoms with Gasteiger partial charge in [0.1, 0.15) is 6.10 Å². The van der Waals surface area contributed by atoms with Crippen LogP contribution in [-0.2, 0) is 4.74 Å². The number of rotatable bonds is 2. The minimum absolute atomic E-state index is 0.0147. The van der Waals surface area contributed by atoms with Gasteiger partial charge in [0.05, 0.1) is 0 Å². The first-order chi connectivity index (χ1) is 7.20. The fraction of sp³-hybridized carbons (Fsp3) is 0.600. The summed E-state index contributed by atoms with van der Waals surface area (Å²) in [6.45, 7) is 2.40. The van der Waals surface area contributed by atoms with Crippen molar-refractivity contribution in [3.8, 4) is 0 Å². The molecule has 1 atom stereocenters. The van der Waals surface area contributed by atoms with E-state index >= 15 is 0 Å². The lowest BCUT2D eigenvalue weighted by molar-refractivity contribution is -0.00184. The van der Waals surface area contributed by atoms with Gasteiger partial charge in [-0.1, -0.05) is 5.16 Å². The monoisotopic (exact) mass is 211 g/mol. The summed E-state index contributed by atoms with van der Waals surface area (Å²) in [6, 6.07) is 0. The molecule has 1 saturated heterocycles. The molecule has 5 heteroatoms. The number of hydrogen-bond acceptors (Lipinski definition) is 4. The van der Waals surface area contributed by atoms with Crippen LogP contribution in [0, 0.1) is 6.92 Å². The second-order valence-electron chi connectivity index (χ2n) is 3.68. The summed E-state index contributed by atoms with van der Waals surface area (Å²) in [5.41, 5.74) is 0.563. The highest BCUT2D eigenvalue weighted by Gasteiger charge is 2.26. The van der Waals surface area contributed by atoms with Gasteiger partial charge in [-0.2, -0.15) is 0 Å². The van der Waals surface area contributed by atoms with Crippen molar-refractivity contribution in [3.63, 3.8) is 0 Å². The third-order valence-electron chi connectivity index (χ3n) is 2.63. The Kier molecular flexibility index (Phi) is 2.73. The Morgan fingerprint density at radius 2 is 2.33 bits per heavy atom. The smallest absolute Gasteiger partial charge is 0.358 e. The van der Waals surface area contributed by atoms with Crippen molar-refractivity contribution in [1.82, 2.24) is 5.16 Å². The second kappa shape index (κ2) is 4.02. The van der Waals surface area contributed by atoms with Crippen molar-refractivity contribution in [1.29, 1.82) is 0 Å². The molecule has 2 rings (SSSR count). The fourth-order valence-electron chi connectivity index (χ4n) is 1.80. The van der Waals surface area contributed by atoms with Gasteiger partial charge in [0.15, 0.2) is 11.5 Å². The van der Waals surface area contributed by atoms with E-state index in [1.807, 2.05) is 0 Å². The molecule has 0 spiro atoms.